The van der Waals surface area contributed by atoms with E-state index in [9.17, 15) is 43.5 Å². The number of aliphatic hydroxyl groups is 2. The third-order valence-electron chi connectivity index (χ3n) is 12.9. The molecular formula is C67H114O16P2. The number of esters is 3. The summed E-state index contributed by atoms with van der Waals surface area (Å²) in [6.07, 6.45) is 65.8. The molecule has 0 radical (unpaired) electrons. The van der Waals surface area contributed by atoms with Gasteiger partial charge in [0.2, 0.25) is 0 Å². The van der Waals surface area contributed by atoms with Crippen molar-refractivity contribution in [1.82, 2.24) is 0 Å². The lowest BCUT2D eigenvalue weighted by atomic mass is 10.1. The zero-order valence-electron chi connectivity index (χ0n) is 52.5. The van der Waals surface area contributed by atoms with Crippen LogP contribution in [-0.4, -0.2) is 95.9 Å². The van der Waals surface area contributed by atoms with Crippen LogP contribution in [0, 0.1) is 0 Å². The molecule has 0 bridgehead atoms. The summed E-state index contributed by atoms with van der Waals surface area (Å²) in [5.41, 5.74) is 0. The zero-order valence-corrected chi connectivity index (χ0v) is 54.3. The number of allylic oxidation sites excluding steroid dienone is 18. The number of ether oxygens (including phenoxy) is 3. The van der Waals surface area contributed by atoms with Gasteiger partial charge < -0.3 is 34.2 Å². The highest BCUT2D eigenvalue weighted by Gasteiger charge is 2.29. The second kappa shape index (κ2) is 60.5. The molecule has 488 valence electrons. The van der Waals surface area contributed by atoms with Gasteiger partial charge in [-0.3, -0.25) is 32.5 Å². The van der Waals surface area contributed by atoms with E-state index in [4.69, 9.17) is 32.3 Å². The van der Waals surface area contributed by atoms with Crippen molar-refractivity contribution < 1.29 is 75.8 Å². The van der Waals surface area contributed by atoms with Crippen LogP contribution >= 0.6 is 15.6 Å². The molecule has 0 heterocycles. The van der Waals surface area contributed by atoms with Crippen LogP contribution in [0.25, 0.3) is 0 Å². The fraction of sp³-hybridized carbons (Fsp3) is 0.687. The van der Waals surface area contributed by atoms with E-state index in [0.717, 1.165) is 141 Å². The van der Waals surface area contributed by atoms with E-state index >= 15 is 0 Å². The van der Waals surface area contributed by atoms with Gasteiger partial charge in [-0.1, -0.05) is 207 Å². The van der Waals surface area contributed by atoms with Gasteiger partial charge in [0, 0.05) is 19.3 Å². The number of hydrogen-bond donors (Lipinski definition) is 4. The summed E-state index contributed by atoms with van der Waals surface area (Å²) < 4.78 is 60.7. The molecule has 5 unspecified atom stereocenters. The molecule has 5 atom stereocenters. The first-order valence-corrected chi connectivity index (χ1v) is 35.2. The molecule has 0 aliphatic rings. The molecule has 4 N–H and O–H groups in total. The molecule has 85 heavy (non-hydrogen) atoms. The monoisotopic (exact) mass is 1240 g/mol. The first-order chi connectivity index (χ1) is 41.2. The number of phosphoric ester groups is 2. The van der Waals surface area contributed by atoms with Gasteiger partial charge >= 0.3 is 33.6 Å². The maximum atomic E-state index is 12.9. The fourth-order valence-corrected chi connectivity index (χ4v) is 9.60. The van der Waals surface area contributed by atoms with Crippen LogP contribution in [0.1, 0.15) is 239 Å². The number of carbonyl (C=O) groups is 3. The largest absolute Gasteiger partial charge is 0.472 e. The number of rotatable bonds is 60. The summed E-state index contributed by atoms with van der Waals surface area (Å²) in [5, 5.41) is 20.5. The Labute approximate surface area is 513 Å². The summed E-state index contributed by atoms with van der Waals surface area (Å²) in [7, 11) is -9.79. The molecule has 0 aromatic carbocycles. The van der Waals surface area contributed by atoms with Crippen molar-refractivity contribution >= 4 is 33.6 Å². The first kappa shape index (κ1) is 81.2. The topological polar surface area (TPSA) is 231 Å². The lowest BCUT2D eigenvalue weighted by Crippen LogP contribution is -2.30. The Morgan fingerprint density at radius 1 is 0.341 bits per heavy atom. The van der Waals surface area contributed by atoms with E-state index < -0.39 is 91.5 Å². The van der Waals surface area contributed by atoms with E-state index in [2.05, 4.69) is 130 Å². The predicted octanol–water partition coefficient (Wildman–Crippen LogP) is 17.3. The predicted molar refractivity (Wildman–Crippen MR) is 344 cm³/mol. The molecule has 0 aliphatic carbocycles. The molecule has 0 aromatic heterocycles. The first-order valence-electron chi connectivity index (χ1n) is 32.2. The average molecular weight is 1240 g/mol. The van der Waals surface area contributed by atoms with E-state index in [0.29, 0.717) is 19.3 Å². The highest BCUT2D eigenvalue weighted by Crippen LogP contribution is 2.45. The van der Waals surface area contributed by atoms with E-state index in [1.54, 1.807) is 0 Å². The minimum atomic E-state index is -4.93. The maximum Gasteiger partial charge on any atom is 0.472 e. The molecule has 18 heteroatoms. The van der Waals surface area contributed by atoms with Crippen molar-refractivity contribution in [2.75, 3.05) is 39.6 Å². The Kier molecular flexibility index (Phi) is 57.8. The molecule has 16 nitrogen and oxygen atoms in total. The molecular weight excluding hydrogens is 1120 g/mol. The van der Waals surface area contributed by atoms with Gasteiger partial charge in [-0.05, 0) is 122 Å². The van der Waals surface area contributed by atoms with Gasteiger partial charge in [0.1, 0.15) is 25.4 Å². The Morgan fingerprint density at radius 2 is 0.647 bits per heavy atom. The number of hydrogen-bond acceptors (Lipinski definition) is 14. The van der Waals surface area contributed by atoms with Crippen molar-refractivity contribution in [2.24, 2.45) is 0 Å². The number of carbonyl (C=O) groups excluding carboxylic acids is 3. The minimum Gasteiger partial charge on any atom is -0.463 e. The van der Waals surface area contributed by atoms with E-state index in [1.165, 1.54) is 38.5 Å². The van der Waals surface area contributed by atoms with Crippen LogP contribution in [0.5, 0.6) is 0 Å². The quantitative estimate of drug-likeness (QED) is 0.0146. The molecule has 0 saturated heterocycles. The van der Waals surface area contributed by atoms with Crippen LogP contribution < -0.4 is 0 Å². The third-order valence-corrected chi connectivity index (χ3v) is 14.8. The molecule has 0 saturated carbocycles. The number of aliphatic hydroxyl groups excluding tert-OH is 2. The van der Waals surface area contributed by atoms with E-state index in [1.807, 2.05) is 0 Å². The van der Waals surface area contributed by atoms with Gasteiger partial charge in [0.25, 0.3) is 0 Å². The van der Waals surface area contributed by atoms with Gasteiger partial charge in [-0.2, -0.15) is 0 Å². The van der Waals surface area contributed by atoms with Gasteiger partial charge in [0.15, 0.2) is 6.10 Å². The van der Waals surface area contributed by atoms with Crippen molar-refractivity contribution in [3.05, 3.63) is 109 Å². The zero-order chi connectivity index (χ0) is 62.4. The van der Waals surface area contributed by atoms with E-state index in [-0.39, 0.29) is 19.3 Å². The molecule has 0 fully saturated rings. The van der Waals surface area contributed by atoms with Gasteiger partial charge in [-0.25, -0.2) is 9.13 Å². The summed E-state index contributed by atoms with van der Waals surface area (Å²) >= 11 is 0. The summed E-state index contributed by atoms with van der Waals surface area (Å²) in [6, 6.07) is 0. The summed E-state index contributed by atoms with van der Waals surface area (Å²) in [5.74, 6) is -1.65. The van der Waals surface area contributed by atoms with Crippen LogP contribution in [-0.2, 0) is 55.8 Å². The summed E-state index contributed by atoms with van der Waals surface area (Å²) in [4.78, 5) is 58.2. The minimum absolute atomic E-state index is 0.0843. The Balaban J connectivity index is 4.68. The average Bonchev–Trinajstić information content (AvgIpc) is 3.51. The lowest BCUT2D eigenvalue weighted by Gasteiger charge is -2.21. The Morgan fingerprint density at radius 3 is 1.07 bits per heavy atom. The van der Waals surface area contributed by atoms with Gasteiger partial charge in [-0.15, -0.1) is 0 Å². The van der Waals surface area contributed by atoms with Crippen LogP contribution in [0.2, 0.25) is 0 Å². The van der Waals surface area contributed by atoms with Crippen molar-refractivity contribution in [1.29, 1.82) is 0 Å². The fourth-order valence-electron chi connectivity index (χ4n) is 8.02. The maximum absolute atomic E-state index is 12.9. The van der Waals surface area contributed by atoms with Crippen LogP contribution in [0.15, 0.2) is 109 Å². The lowest BCUT2D eigenvalue weighted by molar-refractivity contribution is -0.161. The standard InChI is InChI=1S/C67H114O16P2/c1-4-7-10-13-16-19-22-25-27-28-29-30-31-32-34-37-38-41-44-47-50-53-65(70)77-56-62(68)57-79-84(73,74)80-58-63(69)59-81-85(75,76)82-61-64(83-67(72)55-52-49-46-43-40-35-24-21-18-15-12-9-6-3)60-78-66(71)54-51-48-45-42-39-36-33-26-23-20-17-14-11-8-5-2/h7,10,12,15-16,19,21,24-27,29-30,32-34,38,41,62-64,68-69H,4-6,8-9,11,13-14,17-18,20,22-23,28,31,35-37,39-40,42-61H2,1-3H3,(H,73,74)(H,75,76)/b10-7-,15-12-,19-16-,24-21-,27-25-,30-29-,33-26-,34-32-,41-38-. The molecule has 0 rings (SSSR count). The molecule has 0 spiro atoms. The SMILES string of the molecule is CC/C=C\C/C=C\C/C=C\C/C=C\C/C=C\C/C=C\CCCCC(=O)OCC(O)COP(=O)(O)OCC(O)COP(=O)(O)OCC(COC(=O)CCCCCCC/C=C\CCCCCCCC)OC(=O)CCCCCCC/C=C\C/C=C\CCC. The third kappa shape index (κ3) is 61.6. The highest BCUT2D eigenvalue weighted by molar-refractivity contribution is 7.47. The highest BCUT2D eigenvalue weighted by atomic mass is 31.2. The normalized spacial score (nSPS) is 15.0. The molecule has 0 aliphatic heterocycles. The van der Waals surface area contributed by atoms with Crippen molar-refractivity contribution in [2.45, 2.75) is 257 Å². The Bertz CT molecular complexity index is 1990. The smallest absolute Gasteiger partial charge is 0.463 e. The Hall–Kier alpha value is -3.79. The summed E-state index contributed by atoms with van der Waals surface area (Å²) in [6.45, 7) is 2.38. The van der Waals surface area contributed by atoms with Crippen LogP contribution in [0.3, 0.4) is 0 Å². The number of unbranched alkanes of at least 4 members (excludes halogenated alkanes) is 19. The second-order valence-electron chi connectivity index (χ2n) is 21.2. The molecule has 0 aromatic rings. The second-order valence-corrected chi connectivity index (χ2v) is 24.1. The number of phosphoric acid groups is 2. The van der Waals surface area contributed by atoms with Crippen LogP contribution in [0.4, 0.5) is 0 Å². The van der Waals surface area contributed by atoms with Crippen molar-refractivity contribution in [3.63, 3.8) is 0 Å². The molecule has 0 amide bonds. The van der Waals surface area contributed by atoms with Gasteiger partial charge in [0.05, 0.1) is 26.4 Å². The van der Waals surface area contributed by atoms with Crippen molar-refractivity contribution in [3.8, 4) is 0 Å².